The number of nitrogens with one attached hydrogen (secondary N) is 1. The zero-order valence-electron chi connectivity index (χ0n) is 15.2. The van der Waals surface area contributed by atoms with E-state index in [0.717, 1.165) is 64.1 Å². The molecule has 7 heteroatoms. The van der Waals surface area contributed by atoms with Crippen LogP contribution in [0, 0.1) is 0 Å². The van der Waals surface area contributed by atoms with Crippen LogP contribution in [-0.4, -0.2) is 93.5 Å². The molecule has 2 aliphatic rings. The molecule has 1 aromatic rings. The molecule has 2 aliphatic heterocycles. The van der Waals surface area contributed by atoms with Crippen molar-refractivity contribution in [2.75, 3.05) is 71.4 Å². The van der Waals surface area contributed by atoms with Crippen LogP contribution in [0.3, 0.4) is 0 Å². The summed E-state index contributed by atoms with van der Waals surface area (Å²) in [7, 11) is 3.95. The first-order valence-electron chi connectivity index (χ1n) is 8.96. The fourth-order valence-electron chi connectivity index (χ4n) is 3.42. The molecule has 0 saturated carbocycles. The average Bonchev–Trinajstić information content (AvgIpc) is 2.63. The number of phenols is 1. The Morgan fingerprint density at radius 2 is 2.00 bits per heavy atom. The summed E-state index contributed by atoms with van der Waals surface area (Å²) in [5.41, 5.74) is 0.906. The maximum Gasteiger partial charge on any atom is 0.193 e. The Kier molecular flexibility index (Phi) is 5.99. The van der Waals surface area contributed by atoms with Crippen LogP contribution in [0.1, 0.15) is 0 Å². The lowest BCUT2D eigenvalue weighted by atomic mass is 10.2. The van der Waals surface area contributed by atoms with Gasteiger partial charge in [-0.3, -0.25) is 4.99 Å². The van der Waals surface area contributed by atoms with Crippen molar-refractivity contribution in [3.05, 3.63) is 24.3 Å². The Bertz CT molecular complexity index is 587. The predicted molar refractivity (Wildman–Crippen MR) is 100 cm³/mol. The Balaban J connectivity index is 1.50. The summed E-state index contributed by atoms with van der Waals surface area (Å²) in [5.74, 6) is 1.27. The van der Waals surface area contributed by atoms with Crippen molar-refractivity contribution in [3.63, 3.8) is 0 Å². The molecule has 7 nitrogen and oxygen atoms in total. The molecule has 2 N–H and O–H groups in total. The van der Waals surface area contributed by atoms with Gasteiger partial charge in [0.1, 0.15) is 5.75 Å². The van der Waals surface area contributed by atoms with E-state index in [1.807, 2.05) is 25.2 Å². The molecule has 2 saturated heterocycles. The van der Waals surface area contributed by atoms with Gasteiger partial charge in [-0.15, -0.1) is 0 Å². The number of rotatable bonds is 3. The highest BCUT2D eigenvalue weighted by molar-refractivity contribution is 5.80. The normalized spacial score (nSPS) is 23.0. The van der Waals surface area contributed by atoms with Crippen LogP contribution in [0.25, 0.3) is 0 Å². The van der Waals surface area contributed by atoms with Crippen molar-refractivity contribution in [2.24, 2.45) is 4.99 Å². The van der Waals surface area contributed by atoms with Gasteiger partial charge < -0.3 is 29.9 Å². The van der Waals surface area contributed by atoms with E-state index < -0.39 is 0 Å². The third-order valence-electron chi connectivity index (χ3n) is 4.84. The minimum atomic E-state index is 0.207. The molecule has 25 heavy (non-hydrogen) atoms. The highest BCUT2D eigenvalue weighted by atomic mass is 16.5. The number of piperazine rings is 1. The molecule has 0 amide bonds. The maximum atomic E-state index is 10.0. The Hall–Kier alpha value is -1.99. The number of aromatic hydroxyl groups is 1. The molecular weight excluding hydrogens is 318 g/mol. The fourth-order valence-corrected chi connectivity index (χ4v) is 3.42. The number of para-hydroxylation sites is 2. The van der Waals surface area contributed by atoms with E-state index in [9.17, 15) is 5.11 Å². The number of aliphatic imine (C=N–C) groups is 1. The number of hydrogen-bond acceptors (Lipinski definition) is 5. The van der Waals surface area contributed by atoms with Crippen LogP contribution >= 0.6 is 0 Å². The zero-order chi connectivity index (χ0) is 17.6. The van der Waals surface area contributed by atoms with E-state index in [4.69, 9.17) is 4.74 Å². The molecule has 0 radical (unpaired) electrons. The third kappa shape index (κ3) is 4.55. The van der Waals surface area contributed by atoms with Crippen molar-refractivity contribution in [2.45, 2.75) is 6.10 Å². The van der Waals surface area contributed by atoms with E-state index >= 15 is 0 Å². The van der Waals surface area contributed by atoms with Gasteiger partial charge in [-0.25, -0.2) is 0 Å². The molecule has 1 atom stereocenters. The standard InChI is InChI=1S/C18H29N5O2/c1-19-18(20-13-15-14-21(2)11-12-25-15)23-9-7-22(8-10-23)16-5-3-4-6-17(16)24/h3-6,15,24H,7-14H2,1-2H3,(H,19,20). The molecule has 0 aliphatic carbocycles. The van der Waals surface area contributed by atoms with Crippen LogP contribution in [0.2, 0.25) is 0 Å². The van der Waals surface area contributed by atoms with Crippen LogP contribution in [-0.2, 0) is 4.74 Å². The van der Waals surface area contributed by atoms with Gasteiger partial charge in [0.25, 0.3) is 0 Å². The van der Waals surface area contributed by atoms with Gasteiger partial charge >= 0.3 is 0 Å². The molecule has 0 spiro atoms. The summed E-state index contributed by atoms with van der Waals surface area (Å²) >= 11 is 0. The van der Waals surface area contributed by atoms with Crippen molar-refractivity contribution >= 4 is 11.6 Å². The second-order valence-electron chi connectivity index (χ2n) is 6.65. The van der Waals surface area contributed by atoms with E-state index in [1.54, 1.807) is 6.07 Å². The van der Waals surface area contributed by atoms with Gasteiger partial charge in [0.2, 0.25) is 0 Å². The lowest BCUT2D eigenvalue weighted by molar-refractivity contribution is -0.0163. The summed E-state index contributed by atoms with van der Waals surface area (Å²) in [4.78, 5) is 11.2. The number of nitrogens with zero attached hydrogens (tertiary/aromatic N) is 4. The Labute approximate surface area is 149 Å². The number of morpholine rings is 1. The minimum Gasteiger partial charge on any atom is -0.506 e. The summed E-state index contributed by atoms with van der Waals surface area (Å²) in [5, 5.41) is 13.5. The SMILES string of the molecule is CN=C(NCC1CN(C)CCO1)N1CCN(c2ccccc2O)CC1. The second-order valence-corrected chi connectivity index (χ2v) is 6.65. The fraction of sp³-hybridized carbons (Fsp3) is 0.611. The van der Waals surface area contributed by atoms with Gasteiger partial charge in [0.05, 0.1) is 18.4 Å². The number of hydrogen-bond donors (Lipinski definition) is 2. The van der Waals surface area contributed by atoms with Crippen molar-refractivity contribution in [3.8, 4) is 5.75 Å². The van der Waals surface area contributed by atoms with Gasteiger partial charge in [-0.05, 0) is 19.2 Å². The monoisotopic (exact) mass is 347 g/mol. The number of anilines is 1. The molecule has 2 fully saturated rings. The lowest BCUT2D eigenvalue weighted by Crippen LogP contribution is -2.54. The van der Waals surface area contributed by atoms with Gasteiger partial charge in [-0.1, -0.05) is 12.1 Å². The van der Waals surface area contributed by atoms with E-state index in [1.165, 1.54) is 0 Å². The van der Waals surface area contributed by atoms with Crippen LogP contribution in [0.15, 0.2) is 29.3 Å². The van der Waals surface area contributed by atoms with E-state index in [-0.39, 0.29) is 6.10 Å². The largest absolute Gasteiger partial charge is 0.506 e. The Morgan fingerprint density at radius 1 is 1.24 bits per heavy atom. The van der Waals surface area contributed by atoms with E-state index in [0.29, 0.717) is 5.75 Å². The molecule has 0 aromatic heterocycles. The van der Waals surface area contributed by atoms with Crippen molar-refractivity contribution in [1.29, 1.82) is 0 Å². The summed E-state index contributed by atoms with van der Waals surface area (Å²) in [6.45, 7) is 6.99. The molecule has 138 valence electrons. The number of guanidine groups is 1. The minimum absolute atomic E-state index is 0.207. The van der Waals surface area contributed by atoms with E-state index in [2.05, 4.69) is 32.1 Å². The number of ether oxygens (including phenoxy) is 1. The molecule has 3 rings (SSSR count). The first-order chi connectivity index (χ1) is 12.2. The molecule has 0 bridgehead atoms. The molecular formula is C18H29N5O2. The summed E-state index contributed by atoms with van der Waals surface area (Å²) < 4.78 is 5.80. The lowest BCUT2D eigenvalue weighted by Gasteiger charge is -2.38. The molecule has 2 heterocycles. The van der Waals surface area contributed by atoms with Crippen LogP contribution < -0.4 is 10.2 Å². The van der Waals surface area contributed by atoms with Crippen molar-refractivity contribution in [1.82, 2.24) is 15.1 Å². The summed E-state index contributed by atoms with van der Waals surface area (Å²) in [6.07, 6.45) is 0.207. The first-order valence-corrected chi connectivity index (χ1v) is 8.96. The zero-order valence-corrected chi connectivity index (χ0v) is 15.2. The highest BCUT2D eigenvalue weighted by Crippen LogP contribution is 2.27. The number of phenolic OH excluding ortho intramolecular Hbond substituents is 1. The third-order valence-corrected chi connectivity index (χ3v) is 4.84. The Morgan fingerprint density at radius 3 is 2.68 bits per heavy atom. The smallest absolute Gasteiger partial charge is 0.193 e. The molecule has 1 unspecified atom stereocenters. The topological polar surface area (TPSA) is 63.6 Å². The number of likely N-dealkylation sites (N-methyl/N-ethyl adjacent to an activating group) is 1. The average molecular weight is 347 g/mol. The van der Waals surface area contributed by atoms with Crippen LogP contribution in [0.4, 0.5) is 5.69 Å². The second kappa shape index (κ2) is 8.40. The molecule has 1 aromatic carbocycles. The maximum absolute atomic E-state index is 10.0. The van der Waals surface area contributed by atoms with Gasteiger partial charge in [0, 0.05) is 52.9 Å². The summed E-state index contributed by atoms with van der Waals surface area (Å²) in [6, 6.07) is 7.52. The number of benzene rings is 1. The quantitative estimate of drug-likeness (QED) is 0.610. The highest BCUT2D eigenvalue weighted by Gasteiger charge is 2.23. The van der Waals surface area contributed by atoms with Gasteiger partial charge in [0.15, 0.2) is 5.96 Å². The predicted octanol–water partition coefficient (Wildman–Crippen LogP) is 0.420. The van der Waals surface area contributed by atoms with Gasteiger partial charge in [-0.2, -0.15) is 0 Å². The van der Waals surface area contributed by atoms with Crippen LogP contribution in [0.5, 0.6) is 5.75 Å². The first kappa shape index (κ1) is 17.8. The van der Waals surface area contributed by atoms with Crippen molar-refractivity contribution < 1.29 is 9.84 Å².